The maximum atomic E-state index is 12.5. The summed E-state index contributed by atoms with van der Waals surface area (Å²) in [7, 11) is 1.95. The van der Waals surface area contributed by atoms with E-state index in [1.807, 2.05) is 54.0 Å². The van der Waals surface area contributed by atoms with Crippen molar-refractivity contribution in [3.63, 3.8) is 0 Å². The number of thioether (sulfide) groups is 1. The number of amides is 1. The molecule has 1 N–H and O–H groups in total. The molecule has 0 spiro atoms. The number of likely N-dealkylation sites (N-methyl/N-ethyl adjacent to an activating group) is 1. The number of anilines is 1. The zero-order valence-corrected chi connectivity index (χ0v) is 18.3. The van der Waals surface area contributed by atoms with Crippen molar-refractivity contribution in [3.05, 3.63) is 59.1 Å². The van der Waals surface area contributed by atoms with Gasteiger partial charge in [0.05, 0.1) is 23.3 Å². The van der Waals surface area contributed by atoms with Gasteiger partial charge in [0, 0.05) is 36.8 Å². The number of fused-ring (bicyclic) bond motifs is 1. The van der Waals surface area contributed by atoms with E-state index in [9.17, 15) is 4.79 Å². The van der Waals surface area contributed by atoms with Crippen molar-refractivity contribution in [3.8, 4) is 0 Å². The zero-order valence-electron chi connectivity index (χ0n) is 16.6. The van der Waals surface area contributed by atoms with Crippen molar-refractivity contribution in [1.29, 1.82) is 0 Å². The monoisotopic (exact) mass is 426 g/mol. The Labute approximate surface area is 180 Å². The second-order valence-electron chi connectivity index (χ2n) is 7.38. The quantitative estimate of drug-likeness (QED) is 0.621. The lowest BCUT2D eigenvalue weighted by Crippen LogP contribution is -2.32. The van der Waals surface area contributed by atoms with Crippen LogP contribution in [0.2, 0.25) is 0 Å². The highest BCUT2D eigenvalue weighted by Crippen LogP contribution is 2.22. The molecule has 1 aromatic heterocycles. The second-order valence-corrected chi connectivity index (χ2v) is 9.72. The number of nitrogens with zero attached hydrogens (tertiary/aromatic N) is 3. The molecule has 152 valence electrons. The Kier molecular flexibility index (Phi) is 6.82. The topological polar surface area (TPSA) is 48.5 Å². The second kappa shape index (κ2) is 9.71. The smallest absolute Gasteiger partial charge is 0.238 e. The number of para-hydroxylation sites is 1. The molecule has 0 radical (unpaired) electrons. The molecular formula is C22H26N4OS2. The molecule has 2 aromatic carbocycles. The van der Waals surface area contributed by atoms with E-state index in [1.54, 1.807) is 11.3 Å². The molecule has 0 bridgehead atoms. The first kappa shape index (κ1) is 20.3. The third kappa shape index (κ3) is 5.79. The van der Waals surface area contributed by atoms with Gasteiger partial charge < -0.3 is 5.32 Å². The summed E-state index contributed by atoms with van der Waals surface area (Å²) in [5, 5.41) is 4.07. The van der Waals surface area contributed by atoms with E-state index in [0.29, 0.717) is 13.1 Å². The molecule has 1 fully saturated rings. The minimum absolute atomic E-state index is 0.000124. The van der Waals surface area contributed by atoms with Gasteiger partial charge in [-0.05, 0) is 36.9 Å². The summed E-state index contributed by atoms with van der Waals surface area (Å²) >= 11 is 3.71. The molecule has 4 rings (SSSR count). The normalized spacial score (nSPS) is 15.1. The van der Waals surface area contributed by atoms with Crippen LogP contribution in [0.5, 0.6) is 0 Å². The average molecular weight is 427 g/mol. The highest BCUT2D eigenvalue weighted by Gasteiger charge is 2.13. The first-order valence-electron chi connectivity index (χ1n) is 9.87. The number of carbonyl (C=O) groups is 1. The number of aromatic nitrogens is 1. The highest BCUT2D eigenvalue weighted by molar-refractivity contribution is 7.99. The Balaban J connectivity index is 1.30. The van der Waals surface area contributed by atoms with Crippen molar-refractivity contribution in [2.45, 2.75) is 13.1 Å². The SMILES string of the molecule is CN(CC(=O)Nc1cccc(CN2CCSCC2)c1)Cc1nc2ccccc2s1. The van der Waals surface area contributed by atoms with Crippen molar-refractivity contribution in [2.75, 3.05) is 43.5 Å². The van der Waals surface area contributed by atoms with E-state index in [0.717, 1.165) is 35.8 Å². The standard InChI is InChI=1S/C22H26N4OS2/c1-25(16-22-24-19-7-2-3-8-20(19)29-22)15-21(27)23-18-6-4-5-17(13-18)14-26-9-11-28-12-10-26/h2-8,13H,9-12,14-16H2,1H3,(H,23,27). The minimum atomic E-state index is 0.000124. The van der Waals surface area contributed by atoms with Crippen LogP contribution < -0.4 is 5.32 Å². The molecule has 29 heavy (non-hydrogen) atoms. The first-order chi connectivity index (χ1) is 14.2. The average Bonchev–Trinajstić information content (AvgIpc) is 3.11. The van der Waals surface area contributed by atoms with Gasteiger partial charge in [0.25, 0.3) is 0 Å². The number of rotatable bonds is 7. The molecule has 1 amide bonds. The summed E-state index contributed by atoms with van der Waals surface area (Å²) in [6.07, 6.45) is 0. The predicted molar refractivity (Wildman–Crippen MR) is 124 cm³/mol. The number of carbonyl (C=O) groups excluding carboxylic acids is 1. The van der Waals surface area contributed by atoms with Crippen LogP contribution in [0, 0.1) is 0 Å². The fourth-order valence-corrected chi connectivity index (χ4v) is 5.51. The lowest BCUT2D eigenvalue weighted by atomic mass is 10.2. The van der Waals surface area contributed by atoms with E-state index < -0.39 is 0 Å². The Morgan fingerprint density at radius 3 is 2.83 bits per heavy atom. The van der Waals surface area contributed by atoms with Crippen molar-refractivity contribution >= 4 is 44.9 Å². The lowest BCUT2D eigenvalue weighted by molar-refractivity contribution is -0.117. The van der Waals surface area contributed by atoms with Crippen molar-refractivity contribution < 1.29 is 4.79 Å². The number of hydrogen-bond donors (Lipinski definition) is 1. The highest BCUT2D eigenvalue weighted by atomic mass is 32.2. The zero-order chi connectivity index (χ0) is 20.1. The van der Waals surface area contributed by atoms with Crippen LogP contribution in [0.15, 0.2) is 48.5 Å². The van der Waals surface area contributed by atoms with Crippen LogP contribution in [0.4, 0.5) is 5.69 Å². The van der Waals surface area contributed by atoms with E-state index in [-0.39, 0.29) is 5.91 Å². The van der Waals surface area contributed by atoms with Gasteiger partial charge in [0.1, 0.15) is 5.01 Å². The summed E-state index contributed by atoms with van der Waals surface area (Å²) in [5.74, 6) is 2.41. The van der Waals surface area contributed by atoms with Crippen molar-refractivity contribution in [1.82, 2.24) is 14.8 Å². The van der Waals surface area contributed by atoms with E-state index in [4.69, 9.17) is 0 Å². The molecule has 1 aliphatic heterocycles. The third-order valence-electron chi connectivity index (χ3n) is 4.88. The molecular weight excluding hydrogens is 400 g/mol. The van der Waals surface area contributed by atoms with Gasteiger partial charge in [0.2, 0.25) is 5.91 Å². The van der Waals surface area contributed by atoms with Gasteiger partial charge in [-0.25, -0.2) is 4.98 Å². The maximum Gasteiger partial charge on any atom is 0.238 e. The van der Waals surface area contributed by atoms with Gasteiger partial charge in [-0.3, -0.25) is 14.6 Å². The van der Waals surface area contributed by atoms with Gasteiger partial charge in [-0.1, -0.05) is 24.3 Å². The Morgan fingerprint density at radius 2 is 2.00 bits per heavy atom. The van der Waals surface area contributed by atoms with Crippen LogP contribution in [0.25, 0.3) is 10.2 Å². The summed E-state index contributed by atoms with van der Waals surface area (Å²) in [6.45, 7) is 4.22. The first-order valence-corrected chi connectivity index (χ1v) is 11.8. The number of nitrogens with one attached hydrogen (secondary N) is 1. The van der Waals surface area contributed by atoms with Crippen LogP contribution in [0.3, 0.4) is 0 Å². The molecule has 0 saturated carbocycles. The Hall–Kier alpha value is -1.93. The van der Waals surface area contributed by atoms with E-state index >= 15 is 0 Å². The van der Waals surface area contributed by atoms with Crippen molar-refractivity contribution in [2.24, 2.45) is 0 Å². The number of hydrogen-bond acceptors (Lipinski definition) is 6. The minimum Gasteiger partial charge on any atom is -0.325 e. The molecule has 1 saturated heterocycles. The number of thiazole rings is 1. The summed E-state index contributed by atoms with van der Waals surface area (Å²) < 4.78 is 1.18. The molecule has 2 heterocycles. The molecule has 3 aromatic rings. The molecule has 0 atom stereocenters. The molecule has 0 aliphatic carbocycles. The van der Waals surface area contributed by atoms with Gasteiger partial charge in [-0.2, -0.15) is 11.8 Å². The molecule has 7 heteroatoms. The lowest BCUT2D eigenvalue weighted by Gasteiger charge is -2.26. The molecule has 1 aliphatic rings. The van der Waals surface area contributed by atoms with E-state index in [1.165, 1.54) is 21.8 Å². The van der Waals surface area contributed by atoms with E-state index in [2.05, 4.69) is 33.4 Å². The summed E-state index contributed by atoms with van der Waals surface area (Å²) in [6, 6.07) is 16.3. The summed E-state index contributed by atoms with van der Waals surface area (Å²) in [4.78, 5) is 21.6. The van der Waals surface area contributed by atoms with Gasteiger partial charge in [-0.15, -0.1) is 11.3 Å². The largest absolute Gasteiger partial charge is 0.325 e. The van der Waals surface area contributed by atoms with Crippen LogP contribution in [-0.2, 0) is 17.9 Å². The fourth-order valence-electron chi connectivity index (χ4n) is 3.48. The molecule has 5 nitrogen and oxygen atoms in total. The third-order valence-corrected chi connectivity index (χ3v) is 6.84. The Bertz CT molecular complexity index is 935. The fraction of sp³-hybridized carbons (Fsp3) is 0.364. The van der Waals surface area contributed by atoms with Crippen LogP contribution >= 0.6 is 23.1 Å². The predicted octanol–water partition coefficient (Wildman–Crippen LogP) is 3.92. The van der Waals surface area contributed by atoms with Crippen LogP contribution in [0.1, 0.15) is 10.6 Å². The Morgan fingerprint density at radius 1 is 1.17 bits per heavy atom. The summed E-state index contributed by atoms with van der Waals surface area (Å²) in [5.41, 5.74) is 3.14. The molecule has 0 unspecified atom stereocenters. The maximum absolute atomic E-state index is 12.5. The van der Waals surface area contributed by atoms with Crippen LogP contribution in [-0.4, -0.2) is 58.9 Å². The van der Waals surface area contributed by atoms with Gasteiger partial charge >= 0.3 is 0 Å². The number of benzene rings is 2. The van der Waals surface area contributed by atoms with Gasteiger partial charge in [0.15, 0.2) is 0 Å².